The van der Waals surface area contributed by atoms with Gasteiger partial charge < -0.3 is 10.6 Å². The Balaban J connectivity index is 2.17. The molecule has 0 spiro atoms. The number of nitrogens with zero attached hydrogens (tertiary/aromatic N) is 2. The van der Waals surface area contributed by atoms with E-state index in [1.54, 1.807) is 0 Å². The molecule has 15 heavy (non-hydrogen) atoms. The summed E-state index contributed by atoms with van der Waals surface area (Å²) in [5.41, 5.74) is 7.92. The minimum absolute atomic E-state index is 0.812. The van der Waals surface area contributed by atoms with E-state index in [0.717, 1.165) is 36.1 Å². The summed E-state index contributed by atoms with van der Waals surface area (Å²) in [6, 6.07) is 2.00. The molecule has 3 nitrogen and oxygen atoms in total. The lowest BCUT2D eigenvalue weighted by Crippen LogP contribution is -2.22. The average Bonchev–Trinajstić information content (AvgIpc) is 2.66. The van der Waals surface area contributed by atoms with Crippen LogP contribution in [0.3, 0.4) is 0 Å². The van der Waals surface area contributed by atoms with E-state index in [-0.39, 0.29) is 0 Å². The van der Waals surface area contributed by atoms with Crippen molar-refractivity contribution in [3.63, 3.8) is 0 Å². The van der Waals surface area contributed by atoms with Crippen molar-refractivity contribution in [3.05, 3.63) is 17.8 Å². The van der Waals surface area contributed by atoms with Gasteiger partial charge in [-0.2, -0.15) is 0 Å². The minimum atomic E-state index is 0.812. The van der Waals surface area contributed by atoms with Crippen LogP contribution in [-0.2, 0) is 0 Å². The molecule has 2 rings (SSSR count). The fraction of sp³-hybridized carbons (Fsp3) is 0.583. The molecule has 0 aromatic carbocycles. The molecule has 0 aliphatic carbocycles. The lowest BCUT2D eigenvalue weighted by Gasteiger charge is -2.19. The summed E-state index contributed by atoms with van der Waals surface area (Å²) in [6.45, 7) is 6.47. The Labute approximate surface area is 91.3 Å². The van der Waals surface area contributed by atoms with Gasteiger partial charge >= 0.3 is 0 Å². The molecule has 1 aliphatic heterocycles. The van der Waals surface area contributed by atoms with Crippen LogP contribution in [0.2, 0.25) is 0 Å². The van der Waals surface area contributed by atoms with Crippen LogP contribution in [0.1, 0.15) is 25.3 Å². The van der Waals surface area contributed by atoms with Crippen molar-refractivity contribution in [2.75, 3.05) is 23.7 Å². The largest absolute Gasteiger partial charge is 0.396 e. The molecule has 2 heterocycles. The molecular formula is C12H19N3. The van der Waals surface area contributed by atoms with Crippen molar-refractivity contribution in [1.29, 1.82) is 0 Å². The van der Waals surface area contributed by atoms with E-state index >= 15 is 0 Å². The first-order chi connectivity index (χ1) is 7.20. The number of hydrogen-bond donors (Lipinski definition) is 1. The number of pyridine rings is 1. The first kappa shape index (κ1) is 10.3. The molecule has 82 valence electrons. The predicted molar refractivity (Wildman–Crippen MR) is 64.0 cm³/mol. The van der Waals surface area contributed by atoms with Crippen LogP contribution in [0.15, 0.2) is 12.3 Å². The maximum Gasteiger partial charge on any atom is 0.151 e. The summed E-state index contributed by atoms with van der Waals surface area (Å²) in [4.78, 5) is 6.74. The van der Waals surface area contributed by atoms with Crippen molar-refractivity contribution in [2.45, 2.75) is 26.7 Å². The lowest BCUT2D eigenvalue weighted by atomic mass is 10.1. The third-order valence-corrected chi connectivity index (χ3v) is 3.19. The number of nitrogens with two attached hydrogens (primary N) is 1. The van der Waals surface area contributed by atoms with E-state index in [2.05, 4.69) is 16.8 Å². The SMILES string of the molecule is CCC1CCN(c2ncc(C)cc2N)C1. The van der Waals surface area contributed by atoms with Gasteiger partial charge in [-0.25, -0.2) is 4.98 Å². The van der Waals surface area contributed by atoms with Crippen molar-refractivity contribution in [1.82, 2.24) is 4.98 Å². The predicted octanol–water partition coefficient (Wildman–Crippen LogP) is 2.21. The summed E-state index contributed by atoms with van der Waals surface area (Å²) in [5.74, 6) is 1.78. The summed E-state index contributed by atoms with van der Waals surface area (Å²) in [5, 5.41) is 0. The fourth-order valence-corrected chi connectivity index (χ4v) is 2.21. The molecule has 1 aromatic heterocycles. The van der Waals surface area contributed by atoms with Gasteiger partial charge in [-0.3, -0.25) is 0 Å². The average molecular weight is 205 g/mol. The highest BCUT2D eigenvalue weighted by molar-refractivity contribution is 5.63. The molecule has 0 saturated carbocycles. The monoisotopic (exact) mass is 205 g/mol. The zero-order valence-electron chi connectivity index (χ0n) is 9.53. The van der Waals surface area contributed by atoms with E-state index in [1.165, 1.54) is 12.8 Å². The quantitative estimate of drug-likeness (QED) is 0.805. The first-order valence-electron chi connectivity index (χ1n) is 5.67. The highest BCUT2D eigenvalue weighted by Gasteiger charge is 2.23. The van der Waals surface area contributed by atoms with Crippen LogP contribution in [-0.4, -0.2) is 18.1 Å². The van der Waals surface area contributed by atoms with Gasteiger partial charge in [-0.1, -0.05) is 13.3 Å². The summed E-state index contributed by atoms with van der Waals surface area (Å²) < 4.78 is 0. The van der Waals surface area contributed by atoms with E-state index in [9.17, 15) is 0 Å². The maximum atomic E-state index is 5.98. The van der Waals surface area contributed by atoms with Gasteiger partial charge in [0.1, 0.15) is 0 Å². The second kappa shape index (κ2) is 4.09. The molecule has 0 radical (unpaired) electrons. The van der Waals surface area contributed by atoms with Gasteiger partial charge in [0.2, 0.25) is 0 Å². The van der Waals surface area contributed by atoms with Crippen molar-refractivity contribution in [3.8, 4) is 0 Å². The highest BCUT2D eigenvalue weighted by Crippen LogP contribution is 2.28. The Morgan fingerprint density at radius 2 is 2.40 bits per heavy atom. The maximum absolute atomic E-state index is 5.98. The van der Waals surface area contributed by atoms with Crippen LogP contribution in [0.25, 0.3) is 0 Å². The van der Waals surface area contributed by atoms with Crippen LogP contribution in [0.4, 0.5) is 11.5 Å². The van der Waals surface area contributed by atoms with Crippen molar-refractivity contribution >= 4 is 11.5 Å². The molecule has 2 N–H and O–H groups in total. The standard InChI is InChI=1S/C12H19N3/c1-3-10-4-5-15(8-10)12-11(13)6-9(2)7-14-12/h6-7,10H,3-5,8,13H2,1-2H3. The Kier molecular flexibility index (Phi) is 2.80. The second-order valence-corrected chi connectivity index (χ2v) is 4.43. The number of hydrogen-bond acceptors (Lipinski definition) is 3. The van der Waals surface area contributed by atoms with Crippen LogP contribution in [0, 0.1) is 12.8 Å². The Morgan fingerprint density at radius 3 is 3.00 bits per heavy atom. The van der Waals surface area contributed by atoms with E-state index in [4.69, 9.17) is 5.73 Å². The Morgan fingerprint density at radius 1 is 1.60 bits per heavy atom. The Hall–Kier alpha value is -1.25. The number of aryl methyl sites for hydroxylation is 1. The zero-order chi connectivity index (χ0) is 10.8. The molecule has 1 aliphatic rings. The van der Waals surface area contributed by atoms with Crippen LogP contribution < -0.4 is 10.6 Å². The lowest BCUT2D eigenvalue weighted by molar-refractivity contribution is 0.569. The number of anilines is 2. The second-order valence-electron chi connectivity index (χ2n) is 4.43. The molecule has 0 bridgehead atoms. The smallest absolute Gasteiger partial charge is 0.151 e. The normalized spacial score (nSPS) is 20.9. The fourth-order valence-electron chi connectivity index (χ4n) is 2.21. The summed E-state index contributed by atoms with van der Waals surface area (Å²) in [7, 11) is 0. The number of nitrogen functional groups attached to an aromatic ring is 1. The van der Waals surface area contributed by atoms with Gasteiger partial charge in [0.25, 0.3) is 0 Å². The summed E-state index contributed by atoms with van der Waals surface area (Å²) in [6.07, 6.45) is 4.42. The van der Waals surface area contributed by atoms with Crippen molar-refractivity contribution in [2.24, 2.45) is 5.92 Å². The third kappa shape index (κ3) is 2.06. The van der Waals surface area contributed by atoms with E-state index < -0.39 is 0 Å². The number of aromatic nitrogens is 1. The Bertz CT molecular complexity index is 349. The molecule has 1 saturated heterocycles. The number of rotatable bonds is 2. The molecule has 1 fully saturated rings. The molecule has 1 unspecified atom stereocenters. The van der Waals surface area contributed by atoms with Crippen molar-refractivity contribution < 1.29 is 0 Å². The molecular weight excluding hydrogens is 186 g/mol. The van der Waals surface area contributed by atoms with Crippen LogP contribution >= 0.6 is 0 Å². The first-order valence-corrected chi connectivity index (χ1v) is 5.67. The van der Waals surface area contributed by atoms with Gasteiger partial charge in [-0.05, 0) is 30.9 Å². The van der Waals surface area contributed by atoms with Gasteiger partial charge in [-0.15, -0.1) is 0 Å². The molecule has 1 aromatic rings. The molecule has 3 heteroatoms. The van der Waals surface area contributed by atoms with Crippen LogP contribution in [0.5, 0.6) is 0 Å². The van der Waals surface area contributed by atoms with Gasteiger partial charge in [0.05, 0.1) is 5.69 Å². The van der Waals surface area contributed by atoms with E-state index in [0.29, 0.717) is 0 Å². The van der Waals surface area contributed by atoms with Gasteiger partial charge in [0, 0.05) is 19.3 Å². The molecule has 0 amide bonds. The third-order valence-electron chi connectivity index (χ3n) is 3.19. The van der Waals surface area contributed by atoms with Gasteiger partial charge in [0.15, 0.2) is 5.82 Å². The zero-order valence-corrected chi connectivity index (χ0v) is 9.53. The van der Waals surface area contributed by atoms with E-state index in [1.807, 2.05) is 19.2 Å². The highest BCUT2D eigenvalue weighted by atomic mass is 15.2. The summed E-state index contributed by atoms with van der Waals surface area (Å²) >= 11 is 0. The molecule has 1 atom stereocenters. The topological polar surface area (TPSA) is 42.2 Å². The minimum Gasteiger partial charge on any atom is -0.396 e.